The van der Waals surface area contributed by atoms with Gasteiger partial charge in [-0.15, -0.1) is 0 Å². The van der Waals surface area contributed by atoms with Gasteiger partial charge in [0.15, 0.2) is 0 Å². The molecule has 1 aliphatic rings. The summed E-state index contributed by atoms with van der Waals surface area (Å²) < 4.78 is 1.06. The van der Waals surface area contributed by atoms with Crippen molar-refractivity contribution in [3.63, 3.8) is 0 Å². The molecule has 166 valence electrons. The largest absolute Gasteiger partial charge is 0.384 e. The lowest BCUT2D eigenvalue weighted by Gasteiger charge is -2.27. The maximum atomic E-state index is 12.8. The maximum absolute atomic E-state index is 12.8. The Labute approximate surface area is 191 Å². The number of hydrogen-bond acceptors (Lipinski definition) is 6. The summed E-state index contributed by atoms with van der Waals surface area (Å²) in [5.74, 6) is 0.721. The highest BCUT2D eigenvalue weighted by atomic mass is 79.9. The van der Waals surface area contributed by atoms with E-state index < -0.39 is 5.54 Å². The lowest BCUT2D eigenvalue weighted by molar-refractivity contribution is -0.127. The Morgan fingerprint density at radius 2 is 2.19 bits per heavy atom. The molecular formula is C23H30BrN5O2. The van der Waals surface area contributed by atoms with Gasteiger partial charge in [0.2, 0.25) is 5.91 Å². The Morgan fingerprint density at radius 1 is 1.39 bits per heavy atom. The molecule has 1 aliphatic heterocycles. The minimum absolute atomic E-state index is 0.140. The van der Waals surface area contributed by atoms with Crippen molar-refractivity contribution in [3.05, 3.63) is 57.7 Å². The van der Waals surface area contributed by atoms with Gasteiger partial charge >= 0.3 is 0 Å². The highest BCUT2D eigenvalue weighted by Crippen LogP contribution is 2.22. The number of amides is 1. The number of nitrogen functional groups attached to an aromatic ring is 1. The number of nitrogens with zero attached hydrogens (tertiary/aromatic N) is 1. The summed E-state index contributed by atoms with van der Waals surface area (Å²) in [7, 11) is 0. The van der Waals surface area contributed by atoms with E-state index in [1.807, 2.05) is 25.1 Å². The van der Waals surface area contributed by atoms with Crippen molar-refractivity contribution in [2.75, 3.05) is 18.8 Å². The van der Waals surface area contributed by atoms with Gasteiger partial charge in [-0.05, 0) is 68.5 Å². The molecule has 0 aliphatic carbocycles. The van der Waals surface area contributed by atoms with Crippen LogP contribution in [0.1, 0.15) is 30.2 Å². The molecule has 31 heavy (non-hydrogen) atoms. The number of nitrogens with one attached hydrogen (secondary N) is 3. The highest BCUT2D eigenvalue weighted by molar-refractivity contribution is 9.10. The fourth-order valence-corrected chi connectivity index (χ4v) is 4.34. The van der Waals surface area contributed by atoms with Gasteiger partial charge in [-0.3, -0.25) is 4.79 Å². The average molecular weight is 488 g/mol. The van der Waals surface area contributed by atoms with Crippen LogP contribution >= 0.6 is 15.9 Å². The van der Waals surface area contributed by atoms with Crippen LogP contribution in [0, 0.1) is 12.8 Å². The second kappa shape index (κ2) is 10.3. The van der Waals surface area contributed by atoms with Crippen LogP contribution in [0.4, 0.5) is 5.82 Å². The number of rotatable bonds is 9. The van der Waals surface area contributed by atoms with Crippen LogP contribution in [0.15, 0.2) is 40.9 Å². The SMILES string of the molecule is Cc1nc(N)ccc1CNC[C@](C)(C=O)NC(=O)[C@H]1C[C@H](Cc2cccc(Br)c2)CN1. The van der Waals surface area contributed by atoms with Crippen molar-refractivity contribution in [1.29, 1.82) is 0 Å². The van der Waals surface area contributed by atoms with E-state index in [4.69, 9.17) is 5.73 Å². The number of aryl methyl sites for hydroxylation is 1. The molecular weight excluding hydrogens is 458 g/mol. The topological polar surface area (TPSA) is 109 Å². The van der Waals surface area contributed by atoms with E-state index >= 15 is 0 Å². The van der Waals surface area contributed by atoms with Crippen LogP contribution in [0.2, 0.25) is 0 Å². The predicted octanol–water partition coefficient (Wildman–Crippen LogP) is 2.12. The Balaban J connectivity index is 1.49. The normalized spacial score (nSPS) is 20.2. The second-order valence-electron chi connectivity index (χ2n) is 8.51. The maximum Gasteiger partial charge on any atom is 0.237 e. The van der Waals surface area contributed by atoms with Crippen LogP contribution in [-0.2, 0) is 22.6 Å². The molecule has 3 atom stereocenters. The molecule has 1 amide bonds. The van der Waals surface area contributed by atoms with Gasteiger partial charge in [-0.2, -0.15) is 0 Å². The fraction of sp³-hybridized carbons (Fsp3) is 0.435. The number of aromatic nitrogens is 1. The van der Waals surface area contributed by atoms with Crippen molar-refractivity contribution >= 4 is 33.9 Å². The molecule has 1 aromatic heterocycles. The molecule has 5 N–H and O–H groups in total. The van der Waals surface area contributed by atoms with Gasteiger partial charge in [-0.25, -0.2) is 4.98 Å². The number of halogens is 1. The van der Waals surface area contributed by atoms with Crippen molar-refractivity contribution in [2.24, 2.45) is 5.92 Å². The van der Waals surface area contributed by atoms with Crippen LogP contribution in [0.3, 0.4) is 0 Å². The average Bonchev–Trinajstić information content (AvgIpc) is 3.18. The van der Waals surface area contributed by atoms with Gasteiger partial charge in [0.1, 0.15) is 17.6 Å². The molecule has 0 saturated carbocycles. The van der Waals surface area contributed by atoms with E-state index in [-0.39, 0.29) is 11.9 Å². The first-order chi connectivity index (χ1) is 14.8. The number of anilines is 1. The monoisotopic (exact) mass is 487 g/mol. The van der Waals surface area contributed by atoms with Crippen LogP contribution in [-0.4, -0.2) is 41.8 Å². The summed E-state index contributed by atoms with van der Waals surface area (Å²) in [5, 5.41) is 9.46. The molecule has 2 heterocycles. The zero-order chi connectivity index (χ0) is 22.4. The number of carbonyl (C=O) groups excluding carboxylic acids is 2. The molecule has 0 spiro atoms. The molecule has 7 nitrogen and oxygen atoms in total. The van der Waals surface area contributed by atoms with Crippen molar-refractivity contribution in [2.45, 2.75) is 44.8 Å². The highest BCUT2D eigenvalue weighted by Gasteiger charge is 2.33. The zero-order valence-electron chi connectivity index (χ0n) is 18.0. The van der Waals surface area contributed by atoms with Crippen LogP contribution in [0.25, 0.3) is 0 Å². The summed E-state index contributed by atoms with van der Waals surface area (Å²) in [4.78, 5) is 28.8. The summed E-state index contributed by atoms with van der Waals surface area (Å²) in [6, 6.07) is 11.6. The number of carbonyl (C=O) groups is 2. The van der Waals surface area contributed by atoms with Gasteiger partial charge in [0.05, 0.1) is 6.04 Å². The molecule has 0 radical (unpaired) electrons. The Morgan fingerprint density at radius 3 is 2.90 bits per heavy atom. The number of nitrogens with two attached hydrogens (primary N) is 1. The summed E-state index contributed by atoms with van der Waals surface area (Å²) >= 11 is 3.50. The molecule has 1 aromatic carbocycles. The first kappa shape index (κ1) is 23.4. The van der Waals surface area contributed by atoms with Gasteiger partial charge in [-0.1, -0.05) is 34.1 Å². The quantitative estimate of drug-likeness (QED) is 0.403. The van der Waals surface area contributed by atoms with Crippen LogP contribution in [0.5, 0.6) is 0 Å². The Kier molecular flexibility index (Phi) is 7.80. The fourth-order valence-electron chi connectivity index (χ4n) is 3.90. The van der Waals surface area contributed by atoms with E-state index in [2.05, 4.69) is 49.0 Å². The van der Waals surface area contributed by atoms with E-state index in [0.717, 1.165) is 41.4 Å². The molecule has 2 aromatic rings. The summed E-state index contributed by atoms with van der Waals surface area (Å²) in [6.45, 7) is 5.26. The second-order valence-corrected chi connectivity index (χ2v) is 9.42. The van der Waals surface area contributed by atoms with Gasteiger partial charge in [0.25, 0.3) is 0 Å². The van der Waals surface area contributed by atoms with Gasteiger partial charge < -0.3 is 26.5 Å². The molecule has 0 unspecified atom stereocenters. The molecule has 0 bridgehead atoms. The molecule has 8 heteroatoms. The Bertz CT molecular complexity index is 938. The summed E-state index contributed by atoms with van der Waals surface area (Å²) in [6.07, 6.45) is 2.45. The van der Waals surface area contributed by atoms with Crippen molar-refractivity contribution in [3.8, 4) is 0 Å². The smallest absolute Gasteiger partial charge is 0.237 e. The molecule has 1 fully saturated rings. The molecule has 1 saturated heterocycles. The standard InChI is InChI=1S/C23H30BrN5O2/c1-15-18(6-7-21(25)28-15)12-26-13-23(2,14-30)29-22(31)20-10-17(11-27-20)8-16-4-3-5-19(24)9-16/h3-7,9,14,17,20,26-27H,8,10-13H2,1-2H3,(H2,25,28)(H,29,31)/t17-,20+,23+/m0/s1. The predicted molar refractivity (Wildman–Crippen MR) is 125 cm³/mol. The first-order valence-corrected chi connectivity index (χ1v) is 11.3. The lowest BCUT2D eigenvalue weighted by Crippen LogP contribution is -2.57. The number of hydrogen-bond donors (Lipinski definition) is 4. The Hall–Kier alpha value is -2.29. The third-order valence-corrected chi connectivity index (χ3v) is 6.14. The lowest BCUT2D eigenvalue weighted by atomic mass is 9.96. The van der Waals surface area contributed by atoms with E-state index in [9.17, 15) is 9.59 Å². The minimum atomic E-state index is -0.990. The zero-order valence-corrected chi connectivity index (χ0v) is 19.5. The van der Waals surface area contributed by atoms with E-state index in [0.29, 0.717) is 24.8 Å². The van der Waals surface area contributed by atoms with Crippen LogP contribution < -0.4 is 21.7 Å². The van der Waals surface area contributed by atoms with Crippen molar-refractivity contribution in [1.82, 2.24) is 20.9 Å². The number of aldehydes is 1. The molecule has 3 rings (SSSR count). The van der Waals surface area contributed by atoms with Crippen molar-refractivity contribution < 1.29 is 9.59 Å². The third kappa shape index (κ3) is 6.59. The number of pyridine rings is 1. The number of benzene rings is 1. The van der Waals surface area contributed by atoms with E-state index in [1.54, 1.807) is 13.0 Å². The minimum Gasteiger partial charge on any atom is -0.384 e. The summed E-state index contributed by atoms with van der Waals surface area (Å²) in [5.41, 5.74) is 7.79. The third-order valence-electron chi connectivity index (χ3n) is 5.65. The van der Waals surface area contributed by atoms with Gasteiger partial charge in [0, 0.05) is 23.3 Å². The van der Waals surface area contributed by atoms with E-state index in [1.165, 1.54) is 5.56 Å². The first-order valence-electron chi connectivity index (χ1n) is 10.5.